The van der Waals surface area contributed by atoms with Crippen molar-refractivity contribution in [3.63, 3.8) is 0 Å². The van der Waals surface area contributed by atoms with Gasteiger partial charge in [0.1, 0.15) is 0 Å². The van der Waals surface area contributed by atoms with Gasteiger partial charge in [0, 0.05) is 12.8 Å². The zero-order chi connectivity index (χ0) is 8.23. The SMILES string of the molecule is C1CCC[N+]2=C(CC1)NCCC2. The first-order valence-electron chi connectivity index (χ1n) is 5.31. The van der Waals surface area contributed by atoms with Gasteiger partial charge in [-0.1, -0.05) is 6.42 Å². The third-order valence-electron chi connectivity index (χ3n) is 2.91. The maximum absolute atomic E-state index is 3.53. The molecule has 1 N–H and O–H groups in total. The number of hydrogen-bond donors (Lipinski definition) is 1. The molecule has 0 unspecified atom stereocenters. The summed E-state index contributed by atoms with van der Waals surface area (Å²) in [5.74, 6) is 1.53. The van der Waals surface area contributed by atoms with Crippen LogP contribution in [0.15, 0.2) is 0 Å². The molecular formula is C10H19N2+. The van der Waals surface area contributed by atoms with Crippen LogP contribution in [0.1, 0.15) is 38.5 Å². The third kappa shape index (κ3) is 1.79. The average molecular weight is 167 g/mol. The molecule has 0 aromatic carbocycles. The summed E-state index contributed by atoms with van der Waals surface area (Å²) < 4.78 is 2.56. The normalized spacial score (nSPS) is 25.3. The van der Waals surface area contributed by atoms with E-state index in [2.05, 4.69) is 9.89 Å². The summed E-state index contributed by atoms with van der Waals surface area (Å²) in [5, 5.41) is 3.53. The highest BCUT2D eigenvalue weighted by Gasteiger charge is 2.18. The van der Waals surface area contributed by atoms with Gasteiger partial charge in [-0.25, -0.2) is 0 Å². The highest BCUT2D eigenvalue weighted by molar-refractivity contribution is 5.77. The Morgan fingerprint density at radius 2 is 1.75 bits per heavy atom. The lowest BCUT2D eigenvalue weighted by Gasteiger charge is -2.19. The number of nitrogens with one attached hydrogen (secondary N) is 1. The maximum atomic E-state index is 3.53. The van der Waals surface area contributed by atoms with Crippen LogP contribution < -0.4 is 5.32 Å². The first-order chi connectivity index (χ1) is 5.97. The van der Waals surface area contributed by atoms with Gasteiger partial charge >= 0.3 is 0 Å². The Kier molecular flexibility index (Phi) is 2.64. The second-order valence-corrected chi connectivity index (χ2v) is 3.88. The van der Waals surface area contributed by atoms with Crippen molar-refractivity contribution in [2.24, 2.45) is 0 Å². The van der Waals surface area contributed by atoms with Crippen LogP contribution in [0.4, 0.5) is 0 Å². The Labute approximate surface area is 74.7 Å². The van der Waals surface area contributed by atoms with Crippen LogP contribution in [0.3, 0.4) is 0 Å². The summed E-state index contributed by atoms with van der Waals surface area (Å²) in [6.45, 7) is 3.79. The van der Waals surface area contributed by atoms with Crippen LogP contribution in [0.2, 0.25) is 0 Å². The van der Waals surface area contributed by atoms with E-state index in [0.717, 1.165) is 0 Å². The van der Waals surface area contributed by atoms with E-state index in [0.29, 0.717) is 0 Å². The zero-order valence-corrected chi connectivity index (χ0v) is 7.81. The van der Waals surface area contributed by atoms with E-state index in [1.165, 1.54) is 64.0 Å². The lowest BCUT2D eigenvalue weighted by molar-refractivity contribution is -0.536. The molecule has 2 heteroatoms. The fourth-order valence-electron chi connectivity index (χ4n) is 2.19. The average Bonchev–Trinajstić information content (AvgIpc) is 2.06. The van der Waals surface area contributed by atoms with Crippen molar-refractivity contribution in [1.29, 1.82) is 0 Å². The molecule has 0 saturated carbocycles. The van der Waals surface area contributed by atoms with Gasteiger partial charge in [-0.15, -0.1) is 0 Å². The lowest BCUT2D eigenvalue weighted by Crippen LogP contribution is -2.41. The monoisotopic (exact) mass is 167 g/mol. The highest BCUT2D eigenvalue weighted by Crippen LogP contribution is 2.09. The van der Waals surface area contributed by atoms with Crippen molar-refractivity contribution in [2.75, 3.05) is 19.6 Å². The molecular weight excluding hydrogens is 148 g/mol. The Bertz CT molecular complexity index is 164. The van der Waals surface area contributed by atoms with Crippen LogP contribution >= 0.6 is 0 Å². The maximum Gasteiger partial charge on any atom is 0.244 e. The molecule has 0 aromatic heterocycles. The Hall–Kier alpha value is -0.530. The van der Waals surface area contributed by atoms with Crippen LogP contribution in [0.5, 0.6) is 0 Å². The minimum Gasteiger partial charge on any atom is -0.278 e. The Morgan fingerprint density at radius 1 is 0.917 bits per heavy atom. The van der Waals surface area contributed by atoms with Crippen LogP contribution in [0, 0.1) is 0 Å². The molecule has 2 aliphatic rings. The zero-order valence-electron chi connectivity index (χ0n) is 7.81. The van der Waals surface area contributed by atoms with Gasteiger partial charge < -0.3 is 0 Å². The van der Waals surface area contributed by atoms with Crippen molar-refractivity contribution in [2.45, 2.75) is 38.5 Å². The molecule has 0 saturated heterocycles. The molecule has 2 nitrogen and oxygen atoms in total. The second kappa shape index (κ2) is 3.92. The van der Waals surface area contributed by atoms with Crippen molar-refractivity contribution in [3.05, 3.63) is 0 Å². The predicted octanol–water partition coefficient (Wildman–Crippen LogP) is 1.35. The predicted molar refractivity (Wildman–Crippen MR) is 50.7 cm³/mol. The Morgan fingerprint density at radius 3 is 2.75 bits per heavy atom. The summed E-state index contributed by atoms with van der Waals surface area (Å²) in [7, 11) is 0. The van der Waals surface area contributed by atoms with Gasteiger partial charge in [-0.05, 0) is 19.3 Å². The van der Waals surface area contributed by atoms with E-state index in [4.69, 9.17) is 0 Å². The third-order valence-corrected chi connectivity index (χ3v) is 2.91. The molecule has 0 aromatic rings. The molecule has 2 aliphatic heterocycles. The standard InChI is InChI=1S/C10H18N2/c1-2-4-8-12-9-5-7-11-10(12)6-3-1/h1-9H2/p+1. The first kappa shape index (κ1) is 8.09. The van der Waals surface area contributed by atoms with E-state index < -0.39 is 0 Å². The van der Waals surface area contributed by atoms with E-state index in [1.807, 2.05) is 0 Å². The van der Waals surface area contributed by atoms with Gasteiger partial charge in [0.05, 0.1) is 19.6 Å². The van der Waals surface area contributed by atoms with Crippen LogP contribution in [-0.2, 0) is 0 Å². The minimum atomic E-state index is 1.20. The molecule has 0 radical (unpaired) electrons. The van der Waals surface area contributed by atoms with Crippen molar-refractivity contribution in [1.82, 2.24) is 5.32 Å². The van der Waals surface area contributed by atoms with Crippen LogP contribution in [-0.4, -0.2) is 30.0 Å². The topological polar surface area (TPSA) is 15.0 Å². The van der Waals surface area contributed by atoms with Crippen molar-refractivity contribution in [3.8, 4) is 0 Å². The molecule has 0 atom stereocenters. The summed E-state index contributed by atoms with van der Waals surface area (Å²) >= 11 is 0. The summed E-state index contributed by atoms with van der Waals surface area (Å²) in [5.41, 5.74) is 0. The molecule has 0 aliphatic carbocycles. The molecule has 0 bridgehead atoms. The molecule has 2 heterocycles. The summed E-state index contributed by atoms with van der Waals surface area (Å²) in [6, 6.07) is 0. The van der Waals surface area contributed by atoms with E-state index in [-0.39, 0.29) is 0 Å². The van der Waals surface area contributed by atoms with Gasteiger partial charge in [-0.2, -0.15) is 0 Å². The van der Waals surface area contributed by atoms with Gasteiger partial charge in [0.2, 0.25) is 5.84 Å². The quantitative estimate of drug-likeness (QED) is 0.538. The fourth-order valence-corrected chi connectivity index (χ4v) is 2.19. The number of amidine groups is 1. The van der Waals surface area contributed by atoms with E-state index in [1.54, 1.807) is 0 Å². The first-order valence-corrected chi connectivity index (χ1v) is 5.31. The van der Waals surface area contributed by atoms with Gasteiger partial charge in [0.25, 0.3) is 0 Å². The number of rotatable bonds is 0. The molecule has 68 valence electrons. The van der Waals surface area contributed by atoms with E-state index >= 15 is 0 Å². The van der Waals surface area contributed by atoms with Gasteiger partial charge in [-0.3, -0.25) is 9.89 Å². The molecule has 0 fully saturated rings. The number of hydrogen-bond acceptors (Lipinski definition) is 1. The number of nitrogens with zero attached hydrogens (tertiary/aromatic N) is 1. The second-order valence-electron chi connectivity index (χ2n) is 3.88. The van der Waals surface area contributed by atoms with E-state index in [9.17, 15) is 0 Å². The van der Waals surface area contributed by atoms with Crippen molar-refractivity contribution >= 4 is 5.84 Å². The molecule has 0 amide bonds. The Balaban J connectivity index is 2.06. The largest absolute Gasteiger partial charge is 0.278 e. The fraction of sp³-hybridized carbons (Fsp3) is 0.900. The van der Waals surface area contributed by atoms with Gasteiger partial charge in [0.15, 0.2) is 0 Å². The minimum absolute atomic E-state index is 1.20. The highest BCUT2D eigenvalue weighted by atomic mass is 15.1. The van der Waals surface area contributed by atoms with Crippen LogP contribution in [0.25, 0.3) is 0 Å². The molecule has 12 heavy (non-hydrogen) atoms. The van der Waals surface area contributed by atoms with Crippen molar-refractivity contribution < 1.29 is 4.58 Å². The lowest BCUT2D eigenvalue weighted by atomic mass is 10.1. The smallest absolute Gasteiger partial charge is 0.244 e. The summed E-state index contributed by atoms with van der Waals surface area (Å²) in [6.07, 6.45) is 8.26. The molecule has 0 spiro atoms. The molecule has 2 rings (SSSR count). The summed E-state index contributed by atoms with van der Waals surface area (Å²) in [4.78, 5) is 0.